The third-order valence-corrected chi connectivity index (χ3v) is 6.36. The molecular formula is C28H27FN8O2. The van der Waals surface area contributed by atoms with Crippen LogP contribution >= 0.6 is 0 Å². The summed E-state index contributed by atoms with van der Waals surface area (Å²) in [4.78, 5) is 44.6. The highest BCUT2D eigenvalue weighted by Gasteiger charge is 2.22. The minimum atomic E-state index is -0.494. The number of hydrogen-bond donors (Lipinski definition) is 3. The van der Waals surface area contributed by atoms with Gasteiger partial charge in [-0.2, -0.15) is 0 Å². The summed E-state index contributed by atoms with van der Waals surface area (Å²) in [5, 5.41) is 5.26. The van der Waals surface area contributed by atoms with E-state index in [0.717, 1.165) is 23.4 Å². The molecule has 1 saturated heterocycles. The Morgan fingerprint density at radius 3 is 2.74 bits per heavy atom. The van der Waals surface area contributed by atoms with Crippen LogP contribution in [0, 0.1) is 5.82 Å². The Kier molecular flexibility index (Phi) is 7.30. The molecule has 0 radical (unpaired) electrons. The van der Waals surface area contributed by atoms with E-state index in [1.807, 2.05) is 23.1 Å². The number of H-pyrrole nitrogens is 1. The van der Waals surface area contributed by atoms with Gasteiger partial charge in [0.1, 0.15) is 17.0 Å². The fraction of sp³-hybridized carbons (Fsp3) is 0.179. The van der Waals surface area contributed by atoms with Gasteiger partial charge in [0.25, 0.3) is 0 Å². The number of amides is 3. The number of urea groups is 1. The van der Waals surface area contributed by atoms with Crippen molar-refractivity contribution in [1.29, 1.82) is 0 Å². The number of fused-ring (bicyclic) bond motifs is 1. The molecule has 10 nitrogen and oxygen atoms in total. The van der Waals surface area contributed by atoms with Gasteiger partial charge in [-0.25, -0.2) is 14.2 Å². The summed E-state index contributed by atoms with van der Waals surface area (Å²) in [6.45, 7) is 9.66. The zero-order chi connectivity index (χ0) is 27.4. The Morgan fingerprint density at radius 2 is 2.03 bits per heavy atom. The molecule has 0 aliphatic carbocycles. The second-order valence-electron chi connectivity index (χ2n) is 8.97. The third-order valence-electron chi connectivity index (χ3n) is 6.36. The minimum Gasteiger partial charge on any atom is -0.367 e. The first-order valence-electron chi connectivity index (χ1n) is 12.3. The van der Waals surface area contributed by atoms with Crippen LogP contribution in [0.5, 0.6) is 0 Å². The molecule has 4 heterocycles. The molecule has 0 atom stereocenters. The molecule has 0 spiro atoms. The number of rotatable bonds is 8. The van der Waals surface area contributed by atoms with Gasteiger partial charge >= 0.3 is 6.03 Å². The molecule has 3 aromatic heterocycles. The molecular weight excluding hydrogens is 499 g/mol. The van der Waals surface area contributed by atoms with E-state index in [9.17, 15) is 14.0 Å². The number of carbonyl (C=O) groups excluding carboxylic acids is 2. The van der Waals surface area contributed by atoms with E-state index in [-0.39, 0.29) is 17.5 Å². The zero-order valence-corrected chi connectivity index (χ0v) is 21.2. The Bertz CT molecular complexity index is 1550. The number of carbonyl (C=O) groups is 2. The molecule has 0 saturated carbocycles. The SMILES string of the molecule is C=CCNC(=O)Nc1nc2c(-c3ncccc3F)cc(-c3ccc(CN4CCN(C=C)CC4=O)nc3)cc2[nH]1. The van der Waals surface area contributed by atoms with Gasteiger partial charge in [-0.05, 0) is 42.1 Å². The average molecular weight is 527 g/mol. The van der Waals surface area contributed by atoms with Crippen LogP contribution in [0.1, 0.15) is 5.69 Å². The van der Waals surface area contributed by atoms with Crippen molar-refractivity contribution >= 4 is 28.9 Å². The first kappa shape index (κ1) is 25.6. The quantitative estimate of drug-likeness (QED) is 0.300. The average Bonchev–Trinajstić information content (AvgIpc) is 3.35. The third kappa shape index (κ3) is 5.61. The molecule has 0 bridgehead atoms. The van der Waals surface area contributed by atoms with Crippen molar-refractivity contribution in [1.82, 2.24) is 35.1 Å². The van der Waals surface area contributed by atoms with Crippen LogP contribution in [0.3, 0.4) is 0 Å². The number of halogens is 1. The number of aromatic nitrogens is 4. The molecule has 0 unspecified atom stereocenters. The molecule has 3 amide bonds. The van der Waals surface area contributed by atoms with Crippen molar-refractivity contribution in [3.05, 3.63) is 85.7 Å². The number of nitrogens with one attached hydrogen (secondary N) is 3. The maximum atomic E-state index is 14.8. The van der Waals surface area contributed by atoms with Crippen LogP contribution in [-0.2, 0) is 11.3 Å². The van der Waals surface area contributed by atoms with Crippen molar-refractivity contribution in [2.75, 3.05) is 31.5 Å². The molecule has 39 heavy (non-hydrogen) atoms. The highest BCUT2D eigenvalue weighted by Crippen LogP contribution is 2.34. The van der Waals surface area contributed by atoms with Gasteiger partial charge in [0, 0.05) is 43.2 Å². The van der Waals surface area contributed by atoms with E-state index < -0.39 is 11.8 Å². The van der Waals surface area contributed by atoms with Crippen molar-refractivity contribution < 1.29 is 14.0 Å². The number of nitrogens with zero attached hydrogens (tertiary/aromatic N) is 5. The molecule has 1 aliphatic heterocycles. The van der Waals surface area contributed by atoms with Crippen LogP contribution in [0.4, 0.5) is 15.1 Å². The normalized spacial score (nSPS) is 13.4. The maximum absolute atomic E-state index is 14.8. The Hall–Kier alpha value is -5.06. The number of imidazole rings is 1. The topological polar surface area (TPSA) is 119 Å². The largest absolute Gasteiger partial charge is 0.367 e. The smallest absolute Gasteiger partial charge is 0.321 e. The molecule has 11 heteroatoms. The monoisotopic (exact) mass is 526 g/mol. The van der Waals surface area contributed by atoms with Crippen molar-refractivity contribution in [3.8, 4) is 22.4 Å². The summed E-state index contributed by atoms with van der Waals surface area (Å²) < 4.78 is 14.8. The highest BCUT2D eigenvalue weighted by atomic mass is 19.1. The van der Waals surface area contributed by atoms with Gasteiger partial charge in [-0.1, -0.05) is 18.7 Å². The lowest BCUT2D eigenvalue weighted by Gasteiger charge is -2.33. The van der Waals surface area contributed by atoms with Gasteiger partial charge < -0.3 is 20.1 Å². The predicted molar refractivity (Wildman–Crippen MR) is 147 cm³/mol. The summed E-state index contributed by atoms with van der Waals surface area (Å²) >= 11 is 0. The molecule has 1 aromatic carbocycles. The van der Waals surface area contributed by atoms with Crippen LogP contribution in [-0.4, -0.2) is 67.9 Å². The van der Waals surface area contributed by atoms with Gasteiger partial charge in [0.2, 0.25) is 11.9 Å². The first-order valence-corrected chi connectivity index (χ1v) is 12.3. The first-order chi connectivity index (χ1) is 18.9. The fourth-order valence-corrected chi connectivity index (χ4v) is 4.36. The number of aromatic amines is 1. The fourth-order valence-electron chi connectivity index (χ4n) is 4.36. The number of piperazine rings is 1. The van der Waals surface area contributed by atoms with Gasteiger partial charge in [0.15, 0.2) is 0 Å². The minimum absolute atomic E-state index is 0.0290. The Labute approximate surface area is 224 Å². The van der Waals surface area contributed by atoms with Crippen LogP contribution in [0.25, 0.3) is 33.4 Å². The number of hydrogen-bond acceptors (Lipinski definition) is 6. The predicted octanol–water partition coefficient (Wildman–Crippen LogP) is 3.92. The Morgan fingerprint density at radius 1 is 1.15 bits per heavy atom. The van der Waals surface area contributed by atoms with E-state index >= 15 is 0 Å². The van der Waals surface area contributed by atoms with E-state index in [1.165, 1.54) is 18.3 Å². The van der Waals surface area contributed by atoms with E-state index in [2.05, 4.69) is 43.7 Å². The van der Waals surface area contributed by atoms with Gasteiger partial charge in [-0.3, -0.25) is 20.1 Å². The van der Waals surface area contributed by atoms with Crippen LogP contribution in [0.2, 0.25) is 0 Å². The summed E-state index contributed by atoms with van der Waals surface area (Å²) in [6.07, 6.45) is 6.48. The van der Waals surface area contributed by atoms with Gasteiger partial charge in [0.05, 0.1) is 24.3 Å². The lowest BCUT2D eigenvalue weighted by molar-refractivity contribution is -0.135. The van der Waals surface area contributed by atoms with Crippen molar-refractivity contribution in [3.63, 3.8) is 0 Å². The summed E-state index contributed by atoms with van der Waals surface area (Å²) in [6, 6.07) is 9.83. The van der Waals surface area contributed by atoms with Gasteiger partial charge in [-0.15, -0.1) is 6.58 Å². The Balaban J connectivity index is 1.46. The maximum Gasteiger partial charge on any atom is 0.321 e. The molecule has 3 N–H and O–H groups in total. The van der Waals surface area contributed by atoms with Crippen LogP contribution < -0.4 is 10.6 Å². The zero-order valence-electron chi connectivity index (χ0n) is 21.2. The van der Waals surface area contributed by atoms with E-state index in [4.69, 9.17) is 0 Å². The highest BCUT2D eigenvalue weighted by molar-refractivity contribution is 5.98. The number of benzene rings is 1. The summed E-state index contributed by atoms with van der Waals surface area (Å²) in [5.41, 5.74) is 3.94. The van der Waals surface area contributed by atoms with E-state index in [0.29, 0.717) is 42.8 Å². The second-order valence-corrected chi connectivity index (χ2v) is 8.97. The molecule has 1 aliphatic rings. The van der Waals surface area contributed by atoms with Crippen LogP contribution in [0.15, 0.2) is 74.2 Å². The lowest BCUT2D eigenvalue weighted by atomic mass is 10.0. The summed E-state index contributed by atoms with van der Waals surface area (Å²) in [7, 11) is 0. The molecule has 198 valence electrons. The number of pyridine rings is 2. The second kappa shape index (κ2) is 11.1. The molecule has 4 aromatic rings. The number of anilines is 1. The lowest BCUT2D eigenvalue weighted by Crippen LogP contribution is -2.47. The van der Waals surface area contributed by atoms with Crippen molar-refractivity contribution in [2.45, 2.75) is 6.54 Å². The standard InChI is InChI=1S/C28H27FN8O2/c1-3-9-31-28(39)35-27-33-23-14-19(13-21(26(23)34-27)25-22(29)6-5-10-30-25)18-7-8-20(32-15-18)16-37-12-11-36(4-2)17-24(37)38/h3-8,10,13-15H,1-2,9,11-12,16-17H2,(H3,31,33,34,35,39). The molecule has 5 rings (SSSR count). The van der Waals surface area contributed by atoms with E-state index in [1.54, 1.807) is 29.4 Å². The van der Waals surface area contributed by atoms with Crippen molar-refractivity contribution in [2.24, 2.45) is 0 Å². The summed E-state index contributed by atoms with van der Waals surface area (Å²) in [5.74, 6) is -0.260. The molecule has 1 fully saturated rings.